The zero-order chi connectivity index (χ0) is 41.5. The molecule has 4 heteroatoms. The Morgan fingerprint density at radius 2 is 0.905 bits per heavy atom. The second-order valence-electron chi connectivity index (χ2n) is 16.4. The minimum atomic E-state index is -0.563. The largest absolute Gasteiger partial charge is 0.457 e. The Balaban J connectivity index is 0.964. The third-order valence-electron chi connectivity index (χ3n) is 13.0. The first-order chi connectivity index (χ1) is 31.2. The summed E-state index contributed by atoms with van der Waals surface area (Å²) >= 11 is 0. The van der Waals surface area contributed by atoms with Gasteiger partial charge in [0.15, 0.2) is 5.82 Å². The van der Waals surface area contributed by atoms with Gasteiger partial charge in [-0.15, -0.1) is 0 Å². The Morgan fingerprint density at radius 1 is 0.333 bits per heavy atom. The molecule has 0 N–H and O–H groups in total. The van der Waals surface area contributed by atoms with E-state index in [1.54, 1.807) is 0 Å². The monoisotopic (exact) mass is 804 g/mol. The predicted molar refractivity (Wildman–Crippen MR) is 254 cm³/mol. The Labute approximate surface area is 364 Å². The van der Waals surface area contributed by atoms with Gasteiger partial charge in [0, 0.05) is 44.2 Å². The van der Waals surface area contributed by atoms with Gasteiger partial charge in [-0.2, -0.15) is 0 Å². The normalized spacial score (nSPS) is 13.0. The Bertz CT molecular complexity index is 3560. The van der Waals surface area contributed by atoms with Gasteiger partial charge in [-0.25, -0.2) is 9.97 Å². The van der Waals surface area contributed by atoms with Gasteiger partial charge < -0.3 is 9.15 Å². The Morgan fingerprint density at radius 3 is 1.70 bits per heavy atom. The molecule has 0 atom stereocenters. The lowest BCUT2D eigenvalue weighted by atomic mass is 9.65. The molecule has 0 unspecified atom stereocenters. The highest BCUT2D eigenvalue weighted by Gasteiger charge is 2.51. The van der Waals surface area contributed by atoms with Gasteiger partial charge in [-0.3, -0.25) is 0 Å². The van der Waals surface area contributed by atoms with Crippen LogP contribution >= 0.6 is 0 Å². The van der Waals surface area contributed by atoms with Crippen molar-refractivity contribution >= 4 is 21.9 Å². The molecule has 63 heavy (non-hydrogen) atoms. The topological polar surface area (TPSA) is 48.2 Å². The molecule has 0 bridgehead atoms. The van der Waals surface area contributed by atoms with Crippen molar-refractivity contribution in [3.8, 4) is 78.8 Å². The maximum absolute atomic E-state index is 6.77. The SMILES string of the molecule is c1ccc(-c2nc(-c3ccc(-c4cccc5c4oc4ccccc45)cc3)cc(-c3ccccc3-c3ccc4c(c3)C3(c5ccccc5O4)c4ccccc4-c4ccccc43)n2)cc1. The molecule has 3 heterocycles. The number of benzene rings is 9. The van der Waals surface area contributed by atoms with Crippen LogP contribution in [0.2, 0.25) is 0 Å². The van der Waals surface area contributed by atoms with Gasteiger partial charge in [-0.1, -0.05) is 188 Å². The van der Waals surface area contributed by atoms with Crippen LogP contribution in [0.5, 0.6) is 11.5 Å². The smallest absolute Gasteiger partial charge is 0.160 e. The summed E-state index contributed by atoms with van der Waals surface area (Å²) in [4.78, 5) is 10.5. The molecule has 1 aliphatic heterocycles. The molecule has 0 amide bonds. The van der Waals surface area contributed by atoms with Gasteiger partial charge in [0.25, 0.3) is 0 Å². The first kappa shape index (κ1) is 35.4. The summed E-state index contributed by atoms with van der Waals surface area (Å²) in [6.45, 7) is 0. The molecule has 2 aromatic heterocycles. The van der Waals surface area contributed by atoms with E-state index in [4.69, 9.17) is 19.1 Å². The summed E-state index contributed by atoms with van der Waals surface area (Å²) in [5.74, 6) is 2.41. The van der Waals surface area contributed by atoms with Crippen LogP contribution < -0.4 is 4.74 Å². The summed E-state index contributed by atoms with van der Waals surface area (Å²) in [5.41, 5.74) is 17.5. The third-order valence-corrected chi connectivity index (χ3v) is 13.0. The summed E-state index contributed by atoms with van der Waals surface area (Å²) in [5, 5.41) is 2.24. The van der Waals surface area contributed by atoms with E-state index >= 15 is 0 Å². The van der Waals surface area contributed by atoms with E-state index in [1.165, 1.54) is 22.3 Å². The minimum absolute atomic E-state index is 0.563. The lowest BCUT2D eigenvalue weighted by Crippen LogP contribution is -2.32. The average molecular weight is 805 g/mol. The van der Waals surface area contributed by atoms with Crippen LogP contribution in [0.25, 0.3) is 89.2 Å². The van der Waals surface area contributed by atoms with Crippen LogP contribution in [0.4, 0.5) is 0 Å². The quantitative estimate of drug-likeness (QED) is 0.174. The second-order valence-corrected chi connectivity index (χ2v) is 16.4. The van der Waals surface area contributed by atoms with Gasteiger partial charge >= 0.3 is 0 Å². The number of ether oxygens (including phenoxy) is 1. The molecule has 13 rings (SSSR count). The Kier molecular flexibility index (Phi) is 7.79. The molecule has 0 saturated carbocycles. The van der Waals surface area contributed by atoms with E-state index < -0.39 is 5.41 Å². The summed E-state index contributed by atoms with van der Waals surface area (Å²) in [7, 11) is 0. The molecular formula is C59H36N2O2. The van der Waals surface area contributed by atoms with E-state index in [9.17, 15) is 0 Å². The van der Waals surface area contributed by atoms with Crippen molar-refractivity contribution in [1.82, 2.24) is 9.97 Å². The van der Waals surface area contributed by atoms with Crippen molar-refractivity contribution < 1.29 is 9.15 Å². The standard InChI is InChI=1S/C59H36N2O2/c1-2-15-39(16-3-1)58-60-52(38-31-29-37(30-32-38)42-22-14-23-47-46-21-8-12-27-54(46)63-57(42)47)36-53(61-58)45-20-5-4-17-41(45)40-33-34-56-51(35-40)59(50-26-11-13-28-55(50)62-56)48-24-9-6-18-43(48)44-19-7-10-25-49(44)59/h1-36H. The molecular weight excluding hydrogens is 769 g/mol. The predicted octanol–water partition coefficient (Wildman–Crippen LogP) is 15.2. The van der Waals surface area contributed by atoms with Crippen molar-refractivity contribution in [3.63, 3.8) is 0 Å². The highest BCUT2D eigenvalue weighted by Crippen LogP contribution is 2.62. The minimum Gasteiger partial charge on any atom is -0.457 e. The average Bonchev–Trinajstić information content (AvgIpc) is 3.88. The van der Waals surface area contributed by atoms with Crippen LogP contribution in [0.1, 0.15) is 22.3 Å². The Hall–Kier alpha value is -8.34. The zero-order valence-electron chi connectivity index (χ0n) is 34.0. The van der Waals surface area contributed by atoms with Crippen molar-refractivity contribution in [3.05, 3.63) is 241 Å². The van der Waals surface area contributed by atoms with E-state index in [1.807, 2.05) is 30.3 Å². The number of nitrogens with zero attached hydrogens (tertiary/aromatic N) is 2. The fourth-order valence-corrected chi connectivity index (χ4v) is 10.2. The number of para-hydroxylation sites is 3. The first-order valence-electron chi connectivity index (χ1n) is 21.4. The fraction of sp³-hybridized carbons (Fsp3) is 0.0169. The van der Waals surface area contributed by atoms with E-state index in [2.05, 4.69) is 188 Å². The summed E-state index contributed by atoms with van der Waals surface area (Å²) in [6, 6.07) is 77.1. The number of hydrogen-bond donors (Lipinski definition) is 0. The van der Waals surface area contributed by atoms with Crippen molar-refractivity contribution in [2.75, 3.05) is 0 Å². The van der Waals surface area contributed by atoms with Crippen molar-refractivity contribution in [2.45, 2.75) is 5.41 Å². The van der Waals surface area contributed by atoms with Gasteiger partial charge in [0.05, 0.1) is 16.8 Å². The highest BCUT2D eigenvalue weighted by molar-refractivity contribution is 6.09. The molecule has 2 aliphatic rings. The summed E-state index contributed by atoms with van der Waals surface area (Å²) in [6.07, 6.45) is 0. The van der Waals surface area contributed by atoms with E-state index in [-0.39, 0.29) is 0 Å². The van der Waals surface area contributed by atoms with Crippen molar-refractivity contribution in [2.24, 2.45) is 0 Å². The number of rotatable bonds is 5. The molecule has 1 spiro atoms. The molecule has 0 saturated heterocycles. The lowest BCUT2D eigenvalue weighted by Gasteiger charge is -2.39. The van der Waals surface area contributed by atoms with Crippen LogP contribution in [-0.2, 0) is 5.41 Å². The number of aromatic nitrogens is 2. The van der Waals surface area contributed by atoms with E-state index in [0.29, 0.717) is 5.82 Å². The van der Waals surface area contributed by atoms with Gasteiger partial charge in [0.2, 0.25) is 0 Å². The van der Waals surface area contributed by atoms with Crippen LogP contribution in [0.15, 0.2) is 223 Å². The molecule has 4 nitrogen and oxygen atoms in total. The maximum Gasteiger partial charge on any atom is 0.160 e. The second kappa shape index (κ2) is 13.8. The van der Waals surface area contributed by atoms with Gasteiger partial charge in [-0.05, 0) is 69.3 Å². The molecule has 294 valence electrons. The van der Waals surface area contributed by atoms with Crippen LogP contribution in [0.3, 0.4) is 0 Å². The number of furan rings is 1. The number of fused-ring (bicyclic) bond motifs is 12. The molecule has 11 aromatic rings. The molecule has 9 aromatic carbocycles. The zero-order valence-corrected chi connectivity index (χ0v) is 34.0. The fourth-order valence-electron chi connectivity index (χ4n) is 10.2. The first-order valence-corrected chi connectivity index (χ1v) is 21.4. The summed E-state index contributed by atoms with van der Waals surface area (Å²) < 4.78 is 13.2. The third kappa shape index (κ3) is 5.35. The van der Waals surface area contributed by atoms with E-state index in [0.717, 1.165) is 94.9 Å². The number of hydrogen-bond acceptors (Lipinski definition) is 4. The van der Waals surface area contributed by atoms with Crippen molar-refractivity contribution in [1.29, 1.82) is 0 Å². The molecule has 0 radical (unpaired) electrons. The lowest BCUT2D eigenvalue weighted by molar-refractivity contribution is 0.436. The van der Waals surface area contributed by atoms with Crippen LogP contribution in [0, 0.1) is 0 Å². The molecule has 1 aliphatic carbocycles. The van der Waals surface area contributed by atoms with Gasteiger partial charge in [0.1, 0.15) is 22.7 Å². The molecule has 0 fully saturated rings. The highest BCUT2D eigenvalue weighted by atomic mass is 16.5. The maximum atomic E-state index is 6.77. The van der Waals surface area contributed by atoms with Crippen LogP contribution in [-0.4, -0.2) is 9.97 Å².